The molecule has 2 aromatic heterocycles. The van der Waals surface area contributed by atoms with Crippen molar-refractivity contribution < 1.29 is 0 Å². The van der Waals surface area contributed by atoms with E-state index in [1.807, 2.05) is 42.6 Å². The van der Waals surface area contributed by atoms with Crippen LogP contribution in [0.2, 0.25) is 0 Å². The fraction of sp³-hybridized carbons (Fsp3) is 0.182. The van der Waals surface area contributed by atoms with Crippen LogP contribution in [0, 0.1) is 13.8 Å². The molecule has 0 unspecified atom stereocenters. The van der Waals surface area contributed by atoms with Crippen molar-refractivity contribution >= 4 is 11.5 Å². The Hall–Kier alpha value is -3.14. The number of rotatable bonds is 5. The minimum absolute atomic E-state index is 0.849. The molecule has 4 heteroatoms. The highest BCUT2D eigenvalue weighted by atomic mass is 15.3. The van der Waals surface area contributed by atoms with Crippen molar-refractivity contribution in [2.75, 3.05) is 11.9 Å². The molecular weight excluding hydrogens is 320 g/mol. The number of benzene rings is 2. The Morgan fingerprint density at radius 3 is 2.35 bits per heavy atom. The van der Waals surface area contributed by atoms with E-state index in [-0.39, 0.29) is 0 Å². The molecule has 0 aliphatic carbocycles. The second-order valence-corrected chi connectivity index (χ2v) is 6.51. The second kappa shape index (κ2) is 7.00. The van der Waals surface area contributed by atoms with Gasteiger partial charge in [-0.3, -0.25) is 0 Å². The van der Waals surface area contributed by atoms with Gasteiger partial charge in [0.05, 0.1) is 5.69 Å². The largest absolute Gasteiger partial charge is 0.370 e. The van der Waals surface area contributed by atoms with Crippen LogP contribution in [-0.2, 0) is 6.42 Å². The zero-order valence-corrected chi connectivity index (χ0v) is 15.1. The standard InChI is InChI=1S/C22H22N4/c1-16-15-20(23-14-13-18-9-5-3-6-10-18)26-22(24-16)21(17(2)25-26)19-11-7-4-8-12-19/h3-12,15,23H,13-14H2,1-2H3. The normalized spacial score (nSPS) is 11.0. The van der Waals surface area contributed by atoms with Crippen LogP contribution in [0.3, 0.4) is 0 Å². The first-order valence-electron chi connectivity index (χ1n) is 8.92. The topological polar surface area (TPSA) is 42.2 Å². The van der Waals surface area contributed by atoms with Gasteiger partial charge >= 0.3 is 0 Å². The summed E-state index contributed by atoms with van der Waals surface area (Å²) >= 11 is 0. The molecule has 0 atom stereocenters. The minimum Gasteiger partial charge on any atom is -0.370 e. The van der Waals surface area contributed by atoms with Gasteiger partial charge in [-0.05, 0) is 31.4 Å². The molecule has 0 amide bonds. The summed E-state index contributed by atoms with van der Waals surface area (Å²) < 4.78 is 1.93. The number of fused-ring (bicyclic) bond motifs is 1. The van der Waals surface area contributed by atoms with Crippen molar-refractivity contribution in [2.45, 2.75) is 20.3 Å². The Morgan fingerprint density at radius 1 is 0.923 bits per heavy atom. The van der Waals surface area contributed by atoms with Gasteiger partial charge in [-0.2, -0.15) is 9.61 Å². The lowest BCUT2D eigenvalue weighted by atomic mass is 10.1. The molecule has 0 aliphatic heterocycles. The van der Waals surface area contributed by atoms with Crippen LogP contribution < -0.4 is 5.32 Å². The molecule has 26 heavy (non-hydrogen) atoms. The van der Waals surface area contributed by atoms with Crippen LogP contribution in [0.5, 0.6) is 0 Å². The number of nitrogens with zero attached hydrogens (tertiary/aromatic N) is 3. The second-order valence-electron chi connectivity index (χ2n) is 6.51. The van der Waals surface area contributed by atoms with E-state index >= 15 is 0 Å². The summed E-state index contributed by atoms with van der Waals surface area (Å²) in [6.07, 6.45) is 0.968. The van der Waals surface area contributed by atoms with Crippen molar-refractivity contribution in [1.29, 1.82) is 0 Å². The molecule has 0 saturated heterocycles. The summed E-state index contributed by atoms with van der Waals surface area (Å²) in [5, 5.41) is 8.28. The molecule has 0 aliphatic rings. The lowest BCUT2D eigenvalue weighted by Crippen LogP contribution is -2.10. The zero-order chi connectivity index (χ0) is 17.9. The van der Waals surface area contributed by atoms with Crippen molar-refractivity contribution in [3.63, 3.8) is 0 Å². The molecule has 2 heterocycles. The van der Waals surface area contributed by atoms with Crippen LogP contribution in [-0.4, -0.2) is 21.1 Å². The first kappa shape index (κ1) is 16.3. The third-order valence-corrected chi connectivity index (χ3v) is 4.52. The molecule has 2 aromatic carbocycles. The highest BCUT2D eigenvalue weighted by Gasteiger charge is 2.15. The van der Waals surface area contributed by atoms with E-state index in [1.165, 1.54) is 5.56 Å². The third-order valence-electron chi connectivity index (χ3n) is 4.52. The van der Waals surface area contributed by atoms with Crippen LogP contribution in [0.25, 0.3) is 16.8 Å². The first-order chi connectivity index (χ1) is 12.7. The smallest absolute Gasteiger partial charge is 0.165 e. The van der Waals surface area contributed by atoms with E-state index in [4.69, 9.17) is 10.1 Å². The molecule has 0 radical (unpaired) electrons. The van der Waals surface area contributed by atoms with Gasteiger partial charge in [-0.15, -0.1) is 0 Å². The molecule has 4 rings (SSSR count). The monoisotopic (exact) mass is 342 g/mol. The predicted molar refractivity (Wildman–Crippen MR) is 107 cm³/mol. The molecular formula is C22H22N4. The summed E-state index contributed by atoms with van der Waals surface area (Å²) in [5.74, 6) is 0.980. The van der Waals surface area contributed by atoms with Crippen molar-refractivity contribution in [3.05, 3.63) is 83.7 Å². The number of hydrogen-bond acceptors (Lipinski definition) is 3. The number of aryl methyl sites for hydroxylation is 2. The van der Waals surface area contributed by atoms with Crippen LogP contribution >= 0.6 is 0 Å². The van der Waals surface area contributed by atoms with E-state index in [9.17, 15) is 0 Å². The average molecular weight is 342 g/mol. The van der Waals surface area contributed by atoms with Crippen molar-refractivity contribution in [2.24, 2.45) is 0 Å². The van der Waals surface area contributed by atoms with E-state index in [0.717, 1.165) is 46.9 Å². The summed E-state index contributed by atoms with van der Waals surface area (Å²) in [6, 6.07) is 22.9. The molecule has 4 nitrogen and oxygen atoms in total. The number of aromatic nitrogens is 3. The Kier molecular flexibility index (Phi) is 4.40. The van der Waals surface area contributed by atoms with Crippen molar-refractivity contribution in [1.82, 2.24) is 14.6 Å². The van der Waals surface area contributed by atoms with Crippen LogP contribution in [0.4, 0.5) is 5.82 Å². The molecule has 4 aromatic rings. The molecule has 0 saturated carbocycles. The first-order valence-corrected chi connectivity index (χ1v) is 8.92. The molecule has 130 valence electrons. The van der Waals surface area contributed by atoms with Gasteiger partial charge in [0.2, 0.25) is 0 Å². The fourth-order valence-corrected chi connectivity index (χ4v) is 3.29. The maximum atomic E-state index is 4.76. The van der Waals surface area contributed by atoms with Gasteiger partial charge in [-0.1, -0.05) is 60.7 Å². The van der Waals surface area contributed by atoms with Gasteiger partial charge in [0.1, 0.15) is 5.82 Å². The molecule has 0 spiro atoms. The minimum atomic E-state index is 0.849. The van der Waals surface area contributed by atoms with E-state index in [0.29, 0.717) is 0 Å². The molecule has 1 N–H and O–H groups in total. The fourth-order valence-electron chi connectivity index (χ4n) is 3.29. The Labute approximate surface area is 153 Å². The van der Waals surface area contributed by atoms with Crippen molar-refractivity contribution in [3.8, 4) is 11.1 Å². The Morgan fingerprint density at radius 2 is 1.62 bits per heavy atom. The highest BCUT2D eigenvalue weighted by molar-refractivity contribution is 5.80. The van der Waals surface area contributed by atoms with Gasteiger partial charge < -0.3 is 5.32 Å². The summed E-state index contributed by atoms with van der Waals surface area (Å²) in [7, 11) is 0. The maximum Gasteiger partial charge on any atom is 0.165 e. The predicted octanol–water partition coefficient (Wildman–Crippen LogP) is 4.67. The Bertz CT molecular complexity index is 1020. The van der Waals surface area contributed by atoms with Gasteiger partial charge in [0, 0.05) is 23.9 Å². The van der Waals surface area contributed by atoms with Gasteiger partial charge in [0.25, 0.3) is 0 Å². The number of hydrogen-bond donors (Lipinski definition) is 1. The maximum absolute atomic E-state index is 4.76. The summed E-state index contributed by atoms with van der Waals surface area (Å²) in [6.45, 7) is 4.92. The number of anilines is 1. The average Bonchev–Trinajstić information content (AvgIpc) is 2.99. The number of nitrogens with one attached hydrogen (secondary N) is 1. The quantitative estimate of drug-likeness (QED) is 0.573. The van der Waals surface area contributed by atoms with Gasteiger partial charge in [0.15, 0.2) is 5.65 Å². The highest BCUT2D eigenvalue weighted by Crippen LogP contribution is 2.28. The Balaban J connectivity index is 1.68. The molecule has 0 fully saturated rings. The lowest BCUT2D eigenvalue weighted by Gasteiger charge is -2.10. The van der Waals surface area contributed by atoms with E-state index in [2.05, 4.69) is 47.8 Å². The molecule has 0 bridgehead atoms. The third kappa shape index (κ3) is 3.18. The lowest BCUT2D eigenvalue weighted by molar-refractivity contribution is 0.892. The zero-order valence-electron chi connectivity index (χ0n) is 15.1. The summed E-state index contributed by atoms with van der Waals surface area (Å²) in [4.78, 5) is 4.76. The van der Waals surface area contributed by atoms with E-state index < -0.39 is 0 Å². The van der Waals surface area contributed by atoms with Crippen LogP contribution in [0.1, 0.15) is 17.0 Å². The van der Waals surface area contributed by atoms with Crippen LogP contribution in [0.15, 0.2) is 66.7 Å². The van der Waals surface area contributed by atoms with Gasteiger partial charge in [-0.25, -0.2) is 4.98 Å². The van der Waals surface area contributed by atoms with E-state index in [1.54, 1.807) is 0 Å². The summed E-state index contributed by atoms with van der Waals surface area (Å²) in [5.41, 5.74) is 6.44. The SMILES string of the molecule is Cc1cc(NCCc2ccccc2)n2nc(C)c(-c3ccccc3)c2n1.